The monoisotopic (exact) mass is 175 g/mol. The third-order valence-electron chi connectivity index (χ3n) is 2.69. The first kappa shape index (κ1) is 8.32. The van der Waals surface area contributed by atoms with Crippen LogP contribution < -0.4 is 0 Å². The lowest BCUT2D eigenvalue weighted by Gasteiger charge is -1.97. The van der Waals surface area contributed by atoms with Crippen LogP contribution in [0, 0.1) is 6.92 Å². The summed E-state index contributed by atoms with van der Waals surface area (Å²) in [5.74, 6) is 0. The van der Waals surface area contributed by atoms with Crippen molar-refractivity contribution in [2.24, 2.45) is 7.05 Å². The van der Waals surface area contributed by atoms with Crippen molar-refractivity contribution in [3.8, 4) is 0 Å². The van der Waals surface area contributed by atoms with Crippen LogP contribution in [0.2, 0.25) is 0 Å². The summed E-state index contributed by atoms with van der Waals surface area (Å²) in [7, 11) is 2.02. The number of aliphatic hydroxyl groups excluding tert-OH is 1. The zero-order chi connectivity index (χ0) is 9.42. The largest absolute Gasteiger partial charge is 0.392 e. The highest BCUT2D eigenvalue weighted by Gasteiger charge is 2.08. The number of aromatic nitrogens is 1. The van der Waals surface area contributed by atoms with E-state index in [1.54, 1.807) is 0 Å². The van der Waals surface area contributed by atoms with Crippen LogP contribution >= 0.6 is 0 Å². The lowest BCUT2D eigenvalue weighted by Crippen LogP contribution is -1.91. The van der Waals surface area contributed by atoms with Crippen molar-refractivity contribution in [2.45, 2.75) is 13.5 Å². The van der Waals surface area contributed by atoms with E-state index in [9.17, 15) is 5.11 Å². The quantitative estimate of drug-likeness (QED) is 0.704. The second kappa shape index (κ2) is 2.89. The Bertz CT molecular complexity index is 443. The minimum Gasteiger partial charge on any atom is -0.392 e. The molecule has 0 aliphatic heterocycles. The highest BCUT2D eigenvalue weighted by Crippen LogP contribution is 2.24. The fraction of sp³-hybridized carbons (Fsp3) is 0.273. The molecule has 0 spiro atoms. The summed E-state index contributed by atoms with van der Waals surface area (Å²) >= 11 is 0. The van der Waals surface area contributed by atoms with E-state index in [1.165, 1.54) is 5.52 Å². The first-order valence-electron chi connectivity index (χ1n) is 4.39. The number of aliphatic hydroxyl groups is 1. The molecule has 0 unspecified atom stereocenters. The Balaban J connectivity index is 2.90. The number of para-hydroxylation sites is 1. The summed E-state index contributed by atoms with van der Waals surface area (Å²) in [6.45, 7) is 2.15. The van der Waals surface area contributed by atoms with E-state index in [0.29, 0.717) is 0 Å². The van der Waals surface area contributed by atoms with Gasteiger partial charge in [-0.25, -0.2) is 0 Å². The van der Waals surface area contributed by atoms with Gasteiger partial charge in [-0.3, -0.25) is 0 Å². The molecule has 2 aromatic rings. The van der Waals surface area contributed by atoms with E-state index in [2.05, 4.69) is 10.6 Å². The molecule has 2 rings (SSSR count). The molecule has 0 radical (unpaired) electrons. The van der Waals surface area contributed by atoms with Gasteiger partial charge in [0, 0.05) is 29.2 Å². The van der Waals surface area contributed by atoms with Crippen molar-refractivity contribution >= 4 is 10.9 Å². The molecule has 0 aliphatic rings. The summed E-state index contributed by atoms with van der Waals surface area (Å²) in [5, 5.41) is 10.4. The van der Waals surface area contributed by atoms with Crippen molar-refractivity contribution in [3.63, 3.8) is 0 Å². The maximum absolute atomic E-state index is 9.22. The van der Waals surface area contributed by atoms with Gasteiger partial charge in [-0.05, 0) is 13.0 Å². The molecule has 0 aliphatic carbocycles. The molecular weight excluding hydrogens is 162 g/mol. The van der Waals surface area contributed by atoms with E-state index in [4.69, 9.17) is 0 Å². The minimum absolute atomic E-state index is 0.118. The zero-order valence-electron chi connectivity index (χ0n) is 7.91. The lowest BCUT2D eigenvalue weighted by atomic mass is 10.1. The Kier molecular flexibility index (Phi) is 1.85. The van der Waals surface area contributed by atoms with Gasteiger partial charge in [-0.1, -0.05) is 18.2 Å². The second-order valence-corrected chi connectivity index (χ2v) is 3.30. The van der Waals surface area contributed by atoms with E-state index < -0.39 is 0 Å². The van der Waals surface area contributed by atoms with Crippen LogP contribution in [0.3, 0.4) is 0 Å². The van der Waals surface area contributed by atoms with Crippen molar-refractivity contribution in [3.05, 3.63) is 35.5 Å². The summed E-state index contributed by atoms with van der Waals surface area (Å²) in [4.78, 5) is 0. The first-order valence-corrected chi connectivity index (χ1v) is 4.39. The van der Waals surface area contributed by atoms with Crippen molar-refractivity contribution < 1.29 is 5.11 Å². The summed E-state index contributed by atoms with van der Waals surface area (Å²) in [6, 6.07) is 8.14. The Morgan fingerprint density at radius 2 is 2.00 bits per heavy atom. The fourth-order valence-electron chi connectivity index (χ4n) is 1.80. The SMILES string of the molecule is Cc1c(CO)c2ccccc2n1C. The van der Waals surface area contributed by atoms with Gasteiger partial charge in [-0.15, -0.1) is 0 Å². The molecule has 68 valence electrons. The van der Waals surface area contributed by atoms with Gasteiger partial charge < -0.3 is 9.67 Å². The number of hydrogen-bond donors (Lipinski definition) is 1. The van der Waals surface area contributed by atoms with Gasteiger partial charge in [0.05, 0.1) is 6.61 Å². The van der Waals surface area contributed by atoms with Crippen LogP contribution in [-0.2, 0) is 13.7 Å². The molecular formula is C11H13NO. The van der Waals surface area contributed by atoms with Crippen molar-refractivity contribution in [2.75, 3.05) is 0 Å². The van der Waals surface area contributed by atoms with E-state index in [-0.39, 0.29) is 6.61 Å². The molecule has 13 heavy (non-hydrogen) atoms. The van der Waals surface area contributed by atoms with Gasteiger partial charge in [0.25, 0.3) is 0 Å². The zero-order valence-corrected chi connectivity index (χ0v) is 7.91. The third kappa shape index (κ3) is 1.06. The standard InChI is InChI=1S/C11H13NO/c1-8-10(7-13)9-5-3-4-6-11(9)12(8)2/h3-6,13H,7H2,1-2H3. The molecule has 1 heterocycles. The number of nitrogens with zero attached hydrogens (tertiary/aromatic N) is 1. The highest BCUT2D eigenvalue weighted by atomic mass is 16.3. The molecule has 2 nitrogen and oxygen atoms in total. The average Bonchev–Trinajstić information content (AvgIpc) is 2.41. The molecule has 0 atom stereocenters. The molecule has 1 aromatic heterocycles. The van der Waals surface area contributed by atoms with Crippen LogP contribution in [0.15, 0.2) is 24.3 Å². The molecule has 0 saturated carbocycles. The highest BCUT2D eigenvalue weighted by molar-refractivity contribution is 5.85. The van der Waals surface area contributed by atoms with Crippen LogP contribution in [-0.4, -0.2) is 9.67 Å². The Morgan fingerprint density at radius 1 is 1.31 bits per heavy atom. The van der Waals surface area contributed by atoms with E-state index >= 15 is 0 Å². The molecule has 2 heteroatoms. The predicted octanol–water partition coefficient (Wildman–Crippen LogP) is 1.98. The molecule has 0 fully saturated rings. The van der Waals surface area contributed by atoms with Crippen molar-refractivity contribution in [1.82, 2.24) is 4.57 Å². The summed E-state index contributed by atoms with van der Waals surface area (Å²) < 4.78 is 2.11. The van der Waals surface area contributed by atoms with Gasteiger partial charge in [-0.2, -0.15) is 0 Å². The topological polar surface area (TPSA) is 25.2 Å². The summed E-state index contributed by atoms with van der Waals surface area (Å²) in [6.07, 6.45) is 0. The Hall–Kier alpha value is -1.28. The normalized spacial score (nSPS) is 11.0. The number of fused-ring (bicyclic) bond motifs is 1. The molecule has 0 bridgehead atoms. The first-order chi connectivity index (χ1) is 6.25. The second-order valence-electron chi connectivity index (χ2n) is 3.30. The number of aryl methyl sites for hydroxylation is 1. The van der Waals surface area contributed by atoms with Gasteiger partial charge in [0.15, 0.2) is 0 Å². The minimum atomic E-state index is 0.118. The smallest absolute Gasteiger partial charge is 0.0705 e. The number of hydrogen-bond acceptors (Lipinski definition) is 1. The van der Waals surface area contributed by atoms with Crippen LogP contribution in [0.4, 0.5) is 0 Å². The van der Waals surface area contributed by atoms with Crippen LogP contribution in [0.25, 0.3) is 10.9 Å². The van der Waals surface area contributed by atoms with Crippen LogP contribution in [0.5, 0.6) is 0 Å². The van der Waals surface area contributed by atoms with Crippen LogP contribution in [0.1, 0.15) is 11.3 Å². The van der Waals surface area contributed by atoms with Gasteiger partial charge in [0.2, 0.25) is 0 Å². The Labute approximate surface area is 77.4 Å². The fourth-order valence-corrected chi connectivity index (χ4v) is 1.80. The van der Waals surface area contributed by atoms with E-state index in [1.807, 2.05) is 32.2 Å². The predicted molar refractivity (Wildman–Crippen MR) is 53.6 cm³/mol. The molecule has 0 saturated heterocycles. The Morgan fingerprint density at radius 3 is 2.69 bits per heavy atom. The summed E-state index contributed by atoms with van der Waals surface area (Å²) in [5.41, 5.74) is 3.37. The maximum Gasteiger partial charge on any atom is 0.0705 e. The molecule has 1 N–H and O–H groups in total. The average molecular weight is 175 g/mol. The van der Waals surface area contributed by atoms with Gasteiger partial charge in [0.1, 0.15) is 0 Å². The van der Waals surface area contributed by atoms with E-state index in [0.717, 1.165) is 16.6 Å². The molecule has 0 amide bonds. The molecule has 1 aromatic carbocycles. The third-order valence-corrected chi connectivity index (χ3v) is 2.69. The lowest BCUT2D eigenvalue weighted by molar-refractivity contribution is 0.282. The number of rotatable bonds is 1. The maximum atomic E-state index is 9.22. The van der Waals surface area contributed by atoms with Crippen molar-refractivity contribution in [1.29, 1.82) is 0 Å². The van der Waals surface area contributed by atoms with Gasteiger partial charge >= 0.3 is 0 Å². The number of benzene rings is 1.